The third-order valence-corrected chi connectivity index (χ3v) is 6.05. The standard InChI is InChI=1S/C19H21BrN6O3/c1-4-11-8-29-13-7-10(17(21)27)6-12-15(13)26(11)19(22-12)23-18(28)16-14(20)9(3)24-25(16)5-2/h6-7,11H,4-5,8H2,1-3H3,(H2,21,27)(H,22,23,28)/t11-/m0/s1. The number of halogens is 1. The smallest absolute Gasteiger partial charge is 0.277 e. The van der Waals surface area contributed by atoms with E-state index in [1.54, 1.807) is 16.8 Å². The van der Waals surface area contributed by atoms with Crippen molar-refractivity contribution in [2.45, 2.75) is 39.8 Å². The molecule has 0 aliphatic carbocycles. The largest absolute Gasteiger partial charge is 0.489 e. The van der Waals surface area contributed by atoms with Gasteiger partial charge in [0.2, 0.25) is 11.9 Å². The fourth-order valence-electron chi connectivity index (χ4n) is 3.62. The molecule has 2 aromatic heterocycles. The van der Waals surface area contributed by atoms with Crippen LogP contribution >= 0.6 is 15.9 Å². The van der Waals surface area contributed by atoms with Crippen LogP contribution in [0.5, 0.6) is 5.75 Å². The Bertz CT molecular complexity index is 1150. The molecule has 2 amide bonds. The van der Waals surface area contributed by atoms with Gasteiger partial charge in [0.15, 0.2) is 0 Å². The number of benzene rings is 1. The predicted molar refractivity (Wildman–Crippen MR) is 111 cm³/mol. The van der Waals surface area contributed by atoms with Gasteiger partial charge in [-0.3, -0.25) is 19.6 Å². The lowest BCUT2D eigenvalue weighted by molar-refractivity contribution is 0.0995. The van der Waals surface area contributed by atoms with Crippen molar-refractivity contribution in [3.63, 3.8) is 0 Å². The minimum atomic E-state index is -0.559. The molecule has 1 atom stereocenters. The molecule has 3 aromatic rings. The summed E-state index contributed by atoms with van der Waals surface area (Å²) in [7, 11) is 0. The zero-order valence-electron chi connectivity index (χ0n) is 16.3. The summed E-state index contributed by atoms with van der Waals surface area (Å²) in [6.07, 6.45) is 0.793. The third-order valence-electron chi connectivity index (χ3n) is 5.10. The molecule has 0 bridgehead atoms. The second-order valence-electron chi connectivity index (χ2n) is 6.90. The van der Waals surface area contributed by atoms with Gasteiger partial charge in [-0.05, 0) is 48.3 Å². The Labute approximate surface area is 175 Å². The molecule has 0 unspecified atom stereocenters. The molecule has 0 spiro atoms. The molecule has 10 heteroatoms. The summed E-state index contributed by atoms with van der Waals surface area (Å²) < 4.78 is 10.1. The van der Waals surface area contributed by atoms with Crippen molar-refractivity contribution >= 4 is 44.7 Å². The lowest BCUT2D eigenvalue weighted by Crippen LogP contribution is -2.26. The maximum absolute atomic E-state index is 13.1. The highest BCUT2D eigenvalue weighted by atomic mass is 79.9. The van der Waals surface area contributed by atoms with Gasteiger partial charge in [0.1, 0.15) is 23.6 Å². The van der Waals surface area contributed by atoms with Crippen molar-refractivity contribution in [2.75, 3.05) is 11.9 Å². The number of hydrogen-bond acceptors (Lipinski definition) is 5. The van der Waals surface area contributed by atoms with Crippen LogP contribution in [0.2, 0.25) is 0 Å². The van der Waals surface area contributed by atoms with E-state index in [9.17, 15) is 9.59 Å². The highest BCUT2D eigenvalue weighted by Gasteiger charge is 2.29. The lowest BCUT2D eigenvalue weighted by atomic mass is 10.1. The monoisotopic (exact) mass is 460 g/mol. The van der Waals surface area contributed by atoms with Crippen molar-refractivity contribution in [3.05, 3.63) is 33.6 Å². The second kappa shape index (κ2) is 7.18. The van der Waals surface area contributed by atoms with E-state index in [-0.39, 0.29) is 11.9 Å². The maximum Gasteiger partial charge on any atom is 0.277 e. The summed E-state index contributed by atoms with van der Waals surface area (Å²) in [5, 5.41) is 7.30. The summed E-state index contributed by atoms with van der Waals surface area (Å²) in [5.41, 5.74) is 8.20. The first-order chi connectivity index (χ1) is 13.8. The molecule has 1 aliphatic heterocycles. The van der Waals surface area contributed by atoms with E-state index in [0.29, 0.717) is 46.1 Å². The van der Waals surface area contributed by atoms with Gasteiger partial charge in [0, 0.05) is 12.1 Å². The Kier molecular flexibility index (Phi) is 4.81. The van der Waals surface area contributed by atoms with Gasteiger partial charge in [0.25, 0.3) is 5.91 Å². The van der Waals surface area contributed by atoms with Crippen molar-refractivity contribution in [2.24, 2.45) is 5.73 Å². The van der Waals surface area contributed by atoms with E-state index >= 15 is 0 Å². The van der Waals surface area contributed by atoms with Crippen LogP contribution in [0, 0.1) is 6.92 Å². The van der Waals surface area contributed by atoms with Crippen molar-refractivity contribution < 1.29 is 14.3 Å². The fourth-order valence-corrected chi connectivity index (χ4v) is 4.08. The van der Waals surface area contributed by atoms with Crippen LogP contribution in [0.3, 0.4) is 0 Å². The van der Waals surface area contributed by atoms with Crippen LogP contribution in [0.1, 0.15) is 52.9 Å². The quantitative estimate of drug-likeness (QED) is 0.606. The summed E-state index contributed by atoms with van der Waals surface area (Å²) >= 11 is 3.46. The van der Waals surface area contributed by atoms with Gasteiger partial charge in [-0.2, -0.15) is 5.10 Å². The minimum Gasteiger partial charge on any atom is -0.489 e. The number of hydrogen-bond donors (Lipinski definition) is 2. The summed E-state index contributed by atoms with van der Waals surface area (Å²) in [6.45, 7) is 6.77. The maximum atomic E-state index is 13.1. The Morgan fingerprint density at radius 3 is 2.79 bits per heavy atom. The first-order valence-corrected chi connectivity index (χ1v) is 10.2. The minimum absolute atomic E-state index is 0.00323. The normalized spacial score (nSPS) is 15.4. The molecule has 152 valence electrons. The fraction of sp³-hybridized carbons (Fsp3) is 0.368. The van der Waals surface area contributed by atoms with Crippen molar-refractivity contribution in [1.82, 2.24) is 19.3 Å². The first kappa shape index (κ1) is 19.4. The molecule has 29 heavy (non-hydrogen) atoms. The summed E-state index contributed by atoms with van der Waals surface area (Å²) in [4.78, 5) is 29.3. The Morgan fingerprint density at radius 2 is 2.14 bits per heavy atom. The predicted octanol–water partition coefficient (Wildman–Crippen LogP) is 3.02. The topological polar surface area (TPSA) is 117 Å². The van der Waals surface area contributed by atoms with Gasteiger partial charge in [-0.1, -0.05) is 6.92 Å². The van der Waals surface area contributed by atoms with Crippen molar-refractivity contribution in [3.8, 4) is 5.75 Å². The second-order valence-corrected chi connectivity index (χ2v) is 7.70. The average molecular weight is 461 g/mol. The van der Waals surface area contributed by atoms with Gasteiger partial charge >= 0.3 is 0 Å². The molecule has 3 N–H and O–H groups in total. The Morgan fingerprint density at radius 1 is 1.38 bits per heavy atom. The lowest BCUT2D eigenvalue weighted by Gasteiger charge is -2.26. The van der Waals surface area contributed by atoms with Crippen LogP contribution in [-0.4, -0.2) is 37.8 Å². The number of primary amides is 1. The Balaban J connectivity index is 1.84. The zero-order valence-corrected chi connectivity index (χ0v) is 17.9. The number of aromatic nitrogens is 4. The molecule has 0 saturated carbocycles. The van der Waals surface area contributed by atoms with E-state index < -0.39 is 5.91 Å². The van der Waals surface area contributed by atoms with Crippen LogP contribution in [0.4, 0.5) is 5.95 Å². The van der Waals surface area contributed by atoms with E-state index in [2.05, 4.69) is 31.3 Å². The molecule has 0 fully saturated rings. The number of carbonyl (C=O) groups excluding carboxylic acids is 2. The first-order valence-electron chi connectivity index (χ1n) is 9.38. The highest BCUT2D eigenvalue weighted by molar-refractivity contribution is 9.10. The number of amides is 2. The molecule has 1 aromatic carbocycles. The SMILES string of the molecule is CC[C@H]1COc2cc(C(N)=O)cc3nc(NC(=O)c4c(Br)c(C)nn4CC)n1c23. The van der Waals surface area contributed by atoms with Crippen LogP contribution in [-0.2, 0) is 6.54 Å². The number of imidazole rings is 1. The number of carbonyl (C=O) groups is 2. The average Bonchev–Trinajstić information content (AvgIpc) is 3.20. The third kappa shape index (κ3) is 3.07. The van der Waals surface area contributed by atoms with Crippen LogP contribution < -0.4 is 15.8 Å². The van der Waals surface area contributed by atoms with Crippen LogP contribution in [0.15, 0.2) is 16.6 Å². The van der Waals surface area contributed by atoms with Gasteiger partial charge in [-0.15, -0.1) is 0 Å². The van der Waals surface area contributed by atoms with Gasteiger partial charge in [-0.25, -0.2) is 4.98 Å². The number of ether oxygens (including phenoxy) is 1. The molecular formula is C19H21BrN6O3. The number of nitrogens with one attached hydrogen (secondary N) is 1. The molecular weight excluding hydrogens is 440 g/mol. The molecule has 0 radical (unpaired) electrons. The van der Waals surface area contributed by atoms with E-state index in [1.807, 2.05) is 25.3 Å². The number of aryl methyl sites for hydroxylation is 2. The number of anilines is 1. The molecule has 9 nitrogen and oxygen atoms in total. The van der Waals surface area contributed by atoms with E-state index in [0.717, 1.165) is 17.6 Å². The molecule has 1 aliphatic rings. The zero-order chi connectivity index (χ0) is 20.9. The van der Waals surface area contributed by atoms with Gasteiger partial charge in [0.05, 0.1) is 21.7 Å². The highest BCUT2D eigenvalue weighted by Crippen LogP contribution is 2.38. The molecule has 0 saturated heterocycles. The van der Waals surface area contributed by atoms with Gasteiger partial charge < -0.3 is 15.0 Å². The molecule has 3 heterocycles. The number of rotatable bonds is 5. The van der Waals surface area contributed by atoms with Crippen LogP contribution in [0.25, 0.3) is 11.0 Å². The molecule has 4 rings (SSSR count). The van der Waals surface area contributed by atoms with E-state index in [1.165, 1.54) is 0 Å². The number of nitrogens with two attached hydrogens (primary N) is 1. The summed E-state index contributed by atoms with van der Waals surface area (Å²) in [6, 6.07) is 3.24. The van der Waals surface area contributed by atoms with Crippen molar-refractivity contribution in [1.29, 1.82) is 0 Å². The number of nitrogens with zero attached hydrogens (tertiary/aromatic N) is 4. The summed E-state index contributed by atoms with van der Waals surface area (Å²) in [5.74, 6) is 0.0562. The Hall–Kier alpha value is -2.88. The van der Waals surface area contributed by atoms with E-state index in [4.69, 9.17) is 10.5 Å².